The van der Waals surface area contributed by atoms with Crippen LogP contribution in [0.5, 0.6) is 0 Å². The second-order valence-corrected chi connectivity index (χ2v) is 7.92. The first-order valence-electron chi connectivity index (χ1n) is 7.66. The average Bonchev–Trinajstić information content (AvgIpc) is 2.85. The predicted molar refractivity (Wildman–Crippen MR) is 85.6 cm³/mol. The number of hydrogen-bond acceptors (Lipinski definition) is 3. The first-order valence-corrected chi connectivity index (χ1v) is 7.66. The van der Waals surface area contributed by atoms with Gasteiger partial charge in [0.05, 0.1) is 5.56 Å². The summed E-state index contributed by atoms with van der Waals surface area (Å²) in [4.78, 5) is 12.0. The number of hydrogen-bond donors (Lipinski definition) is 2. The molecule has 1 aromatic rings. The van der Waals surface area contributed by atoms with Gasteiger partial charge in [0.25, 0.3) is 0 Å². The van der Waals surface area contributed by atoms with Gasteiger partial charge in [-0.25, -0.2) is 4.79 Å². The topological polar surface area (TPSA) is 64.3 Å². The third kappa shape index (κ3) is 3.66. The van der Waals surface area contributed by atoms with Crippen LogP contribution in [0.25, 0.3) is 0 Å². The summed E-state index contributed by atoms with van der Waals surface area (Å²) in [6.07, 6.45) is -4.71. The van der Waals surface area contributed by atoms with Gasteiger partial charge in [0.2, 0.25) is 0 Å². The highest BCUT2D eigenvalue weighted by Crippen LogP contribution is 2.61. The van der Waals surface area contributed by atoms with Crippen LogP contribution >= 0.6 is 0 Å². The summed E-state index contributed by atoms with van der Waals surface area (Å²) in [6, 6.07) is 3.23. The number of rotatable bonds is 2. The van der Waals surface area contributed by atoms with Gasteiger partial charge < -0.3 is 10.5 Å². The summed E-state index contributed by atoms with van der Waals surface area (Å²) in [5, 5.41) is 2.42. The van der Waals surface area contributed by atoms with Crippen LogP contribution in [0.15, 0.2) is 18.2 Å². The number of benzene rings is 1. The summed E-state index contributed by atoms with van der Waals surface area (Å²) in [5.41, 5.74) is 4.21. The fourth-order valence-electron chi connectivity index (χ4n) is 2.74. The van der Waals surface area contributed by atoms with Crippen LogP contribution in [0.3, 0.4) is 0 Å². The van der Waals surface area contributed by atoms with Gasteiger partial charge in [-0.2, -0.15) is 13.2 Å². The van der Waals surface area contributed by atoms with Crippen LogP contribution in [0.4, 0.5) is 23.7 Å². The number of amides is 1. The minimum Gasteiger partial charge on any atom is -0.444 e. The monoisotopic (exact) mass is 344 g/mol. The summed E-state index contributed by atoms with van der Waals surface area (Å²) < 4.78 is 44.1. The van der Waals surface area contributed by atoms with Crippen LogP contribution in [0.1, 0.15) is 52.2 Å². The van der Waals surface area contributed by atoms with Gasteiger partial charge in [-0.1, -0.05) is 19.9 Å². The molecule has 1 amide bonds. The highest BCUT2D eigenvalue weighted by Gasteiger charge is 2.60. The Balaban J connectivity index is 2.40. The lowest BCUT2D eigenvalue weighted by atomic mass is 9.94. The molecule has 134 valence electrons. The van der Waals surface area contributed by atoms with Crippen molar-refractivity contribution in [3.05, 3.63) is 29.3 Å². The van der Waals surface area contributed by atoms with E-state index in [4.69, 9.17) is 10.5 Å². The van der Waals surface area contributed by atoms with Crippen LogP contribution in [0, 0.1) is 5.41 Å². The van der Waals surface area contributed by atoms with Gasteiger partial charge in [0, 0.05) is 11.2 Å². The Hall–Kier alpha value is -1.76. The zero-order valence-corrected chi connectivity index (χ0v) is 14.5. The van der Waals surface area contributed by atoms with Gasteiger partial charge in [0.1, 0.15) is 5.60 Å². The van der Waals surface area contributed by atoms with Crippen molar-refractivity contribution in [1.29, 1.82) is 0 Å². The zero-order valence-electron chi connectivity index (χ0n) is 14.5. The number of ether oxygens (including phenoxy) is 1. The molecule has 7 heteroatoms. The quantitative estimate of drug-likeness (QED) is 0.822. The molecule has 0 radical (unpaired) electrons. The van der Waals surface area contributed by atoms with Gasteiger partial charge in [-0.05, 0) is 50.3 Å². The van der Waals surface area contributed by atoms with Crippen LogP contribution in [-0.4, -0.2) is 11.7 Å². The number of nitrogens with one attached hydrogen (secondary N) is 1. The lowest BCUT2D eigenvalue weighted by Crippen LogP contribution is -2.30. The molecule has 3 N–H and O–H groups in total. The SMILES string of the molecule is CC(C)(C)OC(=O)Nc1cc(C(F)(F)F)ccc1C1(N)CC1(C)C. The third-order valence-corrected chi connectivity index (χ3v) is 4.27. The van der Waals surface area contributed by atoms with E-state index in [9.17, 15) is 18.0 Å². The van der Waals surface area contributed by atoms with E-state index in [1.54, 1.807) is 20.8 Å². The molecule has 0 saturated heterocycles. The lowest BCUT2D eigenvalue weighted by molar-refractivity contribution is -0.137. The minimum absolute atomic E-state index is 0.0344. The molecule has 0 aliphatic heterocycles. The molecule has 1 atom stereocenters. The normalized spacial score (nSPS) is 22.9. The first kappa shape index (κ1) is 18.6. The Morgan fingerprint density at radius 1 is 1.25 bits per heavy atom. The van der Waals surface area contributed by atoms with Crippen LogP contribution in [-0.2, 0) is 16.5 Å². The van der Waals surface area contributed by atoms with Gasteiger partial charge in [-0.3, -0.25) is 5.32 Å². The summed E-state index contributed by atoms with van der Waals surface area (Å²) in [7, 11) is 0. The van der Waals surface area contributed by atoms with Crippen molar-refractivity contribution in [3.63, 3.8) is 0 Å². The van der Waals surface area contributed by atoms with Crippen molar-refractivity contribution in [2.24, 2.45) is 11.1 Å². The van der Waals surface area contributed by atoms with Crippen molar-refractivity contribution in [1.82, 2.24) is 0 Å². The maximum Gasteiger partial charge on any atom is 0.416 e. The van der Waals surface area contributed by atoms with E-state index in [1.807, 2.05) is 13.8 Å². The number of alkyl halides is 3. The fourth-order valence-corrected chi connectivity index (χ4v) is 2.74. The van der Waals surface area contributed by atoms with Gasteiger partial charge >= 0.3 is 12.3 Å². The Morgan fingerprint density at radius 3 is 2.21 bits per heavy atom. The first-order chi connectivity index (χ1) is 10.7. The molecule has 1 saturated carbocycles. The number of carbonyl (C=O) groups excluding carboxylic acids is 1. The van der Waals surface area contributed by atoms with E-state index in [0.717, 1.165) is 12.1 Å². The Morgan fingerprint density at radius 2 is 1.79 bits per heavy atom. The molecular formula is C17H23F3N2O2. The highest BCUT2D eigenvalue weighted by molar-refractivity contribution is 5.86. The lowest BCUT2D eigenvalue weighted by Gasteiger charge is -2.24. The molecule has 0 heterocycles. The second kappa shape index (κ2) is 5.37. The Kier molecular flexibility index (Phi) is 4.16. The van der Waals surface area contributed by atoms with Crippen molar-refractivity contribution in [2.75, 3.05) is 5.32 Å². The molecule has 1 aromatic carbocycles. The second-order valence-electron chi connectivity index (χ2n) is 7.92. The molecule has 1 fully saturated rings. The summed E-state index contributed by atoms with van der Waals surface area (Å²) in [6.45, 7) is 8.89. The maximum absolute atomic E-state index is 13.0. The van der Waals surface area contributed by atoms with Crippen molar-refractivity contribution >= 4 is 11.8 Å². The molecule has 0 spiro atoms. The molecule has 24 heavy (non-hydrogen) atoms. The molecule has 0 bridgehead atoms. The Bertz CT molecular complexity index is 663. The maximum atomic E-state index is 13.0. The molecule has 0 aromatic heterocycles. The van der Waals surface area contributed by atoms with E-state index in [0.29, 0.717) is 12.0 Å². The van der Waals surface area contributed by atoms with Crippen molar-refractivity contribution < 1.29 is 22.7 Å². The molecule has 2 rings (SSSR count). The highest BCUT2D eigenvalue weighted by atomic mass is 19.4. The van der Waals surface area contributed by atoms with Gasteiger partial charge in [-0.15, -0.1) is 0 Å². The number of anilines is 1. The fraction of sp³-hybridized carbons (Fsp3) is 0.588. The zero-order chi connectivity index (χ0) is 18.6. The van der Waals surface area contributed by atoms with E-state index in [2.05, 4.69) is 5.32 Å². The molecular weight excluding hydrogens is 321 g/mol. The smallest absolute Gasteiger partial charge is 0.416 e. The van der Waals surface area contributed by atoms with E-state index in [-0.39, 0.29) is 11.1 Å². The largest absolute Gasteiger partial charge is 0.444 e. The van der Waals surface area contributed by atoms with Crippen LogP contribution in [0.2, 0.25) is 0 Å². The Labute approximate surface area is 139 Å². The number of carbonyl (C=O) groups is 1. The van der Waals surface area contributed by atoms with E-state index in [1.165, 1.54) is 6.07 Å². The summed E-state index contributed by atoms with van der Waals surface area (Å²) in [5.74, 6) is 0. The van der Waals surface area contributed by atoms with E-state index >= 15 is 0 Å². The molecule has 4 nitrogen and oxygen atoms in total. The predicted octanol–water partition coefficient (Wildman–Crippen LogP) is 4.64. The third-order valence-electron chi connectivity index (χ3n) is 4.27. The van der Waals surface area contributed by atoms with Crippen LogP contribution < -0.4 is 11.1 Å². The summed E-state index contributed by atoms with van der Waals surface area (Å²) >= 11 is 0. The molecule has 1 aliphatic rings. The molecule has 1 aliphatic carbocycles. The minimum atomic E-state index is -4.51. The van der Waals surface area contributed by atoms with Crippen molar-refractivity contribution in [3.8, 4) is 0 Å². The number of nitrogens with two attached hydrogens (primary N) is 1. The number of halogens is 3. The van der Waals surface area contributed by atoms with E-state index < -0.39 is 29.0 Å². The van der Waals surface area contributed by atoms with Crippen molar-refractivity contribution in [2.45, 2.75) is 58.4 Å². The molecule has 1 unspecified atom stereocenters. The average molecular weight is 344 g/mol. The van der Waals surface area contributed by atoms with Gasteiger partial charge in [0.15, 0.2) is 0 Å². The standard InChI is InChI=1S/C17H23F3N2O2/c1-14(2,3)24-13(23)22-12-8-10(17(18,19)20)6-7-11(12)16(21)9-15(16,4)5/h6-8H,9,21H2,1-5H3,(H,22,23).